The summed E-state index contributed by atoms with van der Waals surface area (Å²) in [7, 11) is 1.60. The largest absolute Gasteiger partial charge is 0.493 e. The van der Waals surface area contributed by atoms with Crippen LogP contribution in [0.15, 0.2) is 47.9 Å². The van der Waals surface area contributed by atoms with Gasteiger partial charge < -0.3 is 9.47 Å². The lowest BCUT2D eigenvalue weighted by Crippen LogP contribution is -2.07. The number of hydrogen-bond acceptors (Lipinski definition) is 5. The Hall–Kier alpha value is -3.12. The zero-order valence-electron chi connectivity index (χ0n) is 17.7. The van der Waals surface area contributed by atoms with E-state index in [4.69, 9.17) is 9.47 Å². The third-order valence-electron chi connectivity index (χ3n) is 4.48. The zero-order valence-corrected chi connectivity index (χ0v) is 18.5. The topological polar surface area (TPSA) is 60.5 Å². The van der Waals surface area contributed by atoms with Gasteiger partial charge in [0.1, 0.15) is 0 Å². The van der Waals surface area contributed by atoms with Crippen LogP contribution in [0.1, 0.15) is 30.0 Å². The van der Waals surface area contributed by atoms with Gasteiger partial charge in [-0.1, -0.05) is 30.7 Å². The van der Waals surface area contributed by atoms with Gasteiger partial charge in [-0.15, -0.1) is 11.3 Å². The van der Waals surface area contributed by atoms with Crippen LogP contribution in [0.5, 0.6) is 11.5 Å². The molecular weight excluding hydrogens is 396 g/mol. The summed E-state index contributed by atoms with van der Waals surface area (Å²) < 4.78 is 11.0. The molecule has 3 rings (SSSR count). The number of nitrogens with one attached hydrogen (secondary N) is 1. The highest BCUT2D eigenvalue weighted by atomic mass is 32.1. The molecular formula is C24H26N2O3S. The lowest BCUT2D eigenvalue weighted by atomic mass is 10.0. The minimum Gasteiger partial charge on any atom is -0.493 e. The van der Waals surface area contributed by atoms with Crippen molar-refractivity contribution in [3.05, 3.63) is 64.5 Å². The number of aryl methyl sites for hydroxylation is 2. The molecule has 0 aliphatic carbocycles. The molecule has 0 aliphatic heterocycles. The van der Waals surface area contributed by atoms with Crippen LogP contribution < -0.4 is 14.8 Å². The second kappa shape index (κ2) is 10.1. The van der Waals surface area contributed by atoms with Gasteiger partial charge in [-0.05, 0) is 55.7 Å². The first-order valence-electron chi connectivity index (χ1n) is 9.83. The van der Waals surface area contributed by atoms with Gasteiger partial charge in [0.2, 0.25) is 5.91 Å². The maximum absolute atomic E-state index is 12.3. The number of aromatic nitrogens is 1. The Bertz CT molecular complexity index is 1060. The van der Waals surface area contributed by atoms with E-state index in [0.717, 1.165) is 28.8 Å². The molecule has 5 nitrogen and oxygen atoms in total. The van der Waals surface area contributed by atoms with Gasteiger partial charge in [0.25, 0.3) is 0 Å². The van der Waals surface area contributed by atoms with Crippen LogP contribution in [0.2, 0.25) is 0 Å². The van der Waals surface area contributed by atoms with Crippen molar-refractivity contribution in [2.45, 2.75) is 27.2 Å². The molecule has 1 heterocycles. The minimum absolute atomic E-state index is 0.234. The summed E-state index contributed by atoms with van der Waals surface area (Å²) in [6.45, 7) is 6.80. The molecule has 0 saturated carbocycles. The van der Waals surface area contributed by atoms with Crippen LogP contribution in [0.25, 0.3) is 17.3 Å². The predicted octanol–water partition coefficient (Wildman–Crippen LogP) is 5.88. The van der Waals surface area contributed by atoms with Gasteiger partial charge in [-0.2, -0.15) is 0 Å². The van der Waals surface area contributed by atoms with Gasteiger partial charge in [-0.25, -0.2) is 4.98 Å². The molecule has 156 valence electrons. The Morgan fingerprint density at radius 3 is 2.77 bits per heavy atom. The number of rotatable bonds is 8. The smallest absolute Gasteiger partial charge is 0.250 e. The molecule has 3 aromatic rings. The molecule has 0 bridgehead atoms. The molecule has 1 aromatic heterocycles. The Labute approximate surface area is 181 Å². The molecule has 0 atom stereocenters. The van der Waals surface area contributed by atoms with E-state index in [-0.39, 0.29) is 5.91 Å². The second-order valence-electron chi connectivity index (χ2n) is 6.94. The standard InChI is InChI=1S/C24H26N2O3S/c1-5-12-29-21-10-8-18(14-22(21)28-4)9-11-23(27)26-24-25-20(15-30-24)19-13-16(2)6-7-17(19)3/h6-11,13-15H,5,12H2,1-4H3,(H,25,26,27)/b11-9+. The maximum Gasteiger partial charge on any atom is 0.250 e. The quantitative estimate of drug-likeness (QED) is 0.461. The molecule has 0 radical (unpaired) electrons. The van der Waals surface area contributed by atoms with Crippen LogP contribution in [0.3, 0.4) is 0 Å². The van der Waals surface area contributed by atoms with E-state index in [2.05, 4.69) is 49.3 Å². The highest BCUT2D eigenvalue weighted by molar-refractivity contribution is 7.14. The van der Waals surface area contributed by atoms with Crippen molar-refractivity contribution >= 4 is 28.5 Å². The zero-order chi connectivity index (χ0) is 21.5. The molecule has 2 aromatic carbocycles. The molecule has 6 heteroatoms. The van der Waals surface area contributed by atoms with Crippen LogP contribution in [0, 0.1) is 13.8 Å². The van der Waals surface area contributed by atoms with Gasteiger partial charge in [-0.3, -0.25) is 10.1 Å². The van der Waals surface area contributed by atoms with Crippen molar-refractivity contribution in [3.63, 3.8) is 0 Å². The molecule has 30 heavy (non-hydrogen) atoms. The second-order valence-corrected chi connectivity index (χ2v) is 7.80. The number of methoxy groups -OCH3 is 1. The first-order valence-corrected chi connectivity index (χ1v) is 10.7. The summed E-state index contributed by atoms with van der Waals surface area (Å²) in [6.07, 6.45) is 4.15. The van der Waals surface area contributed by atoms with Crippen LogP contribution in [0.4, 0.5) is 5.13 Å². The predicted molar refractivity (Wildman–Crippen MR) is 123 cm³/mol. The van der Waals surface area contributed by atoms with Gasteiger partial charge in [0.15, 0.2) is 16.6 Å². The Balaban J connectivity index is 1.67. The fourth-order valence-corrected chi connectivity index (χ4v) is 3.62. The lowest BCUT2D eigenvalue weighted by Gasteiger charge is -2.10. The fourth-order valence-electron chi connectivity index (χ4n) is 2.90. The summed E-state index contributed by atoms with van der Waals surface area (Å²) in [5.74, 6) is 1.11. The van der Waals surface area contributed by atoms with Crippen molar-refractivity contribution in [2.75, 3.05) is 19.0 Å². The molecule has 0 aliphatic rings. The van der Waals surface area contributed by atoms with Crippen LogP contribution in [-0.2, 0) is 4.79 Å². The highest BCUT2D eigenvalue weighted by Crippen LogP contribution is 2.29. The number of carbonyl (C=O) groups excluding carboxylic acids is 1. The molecule has 1 N–H and O–H groups in total. The number of carbonyl (C=O) groups is 1. The van der Waals surface area contributed by atoms with E-state index in [1.807, 2.05) is 23.6 Å². The van der Waals surface area contributed by atoms with E-state index in [1.54, 1.807) is 13.2 Å². The van der Waals surface area contributed by atoms with Crippen LogP contribution >= 0.6 is 11.3 Å². The summed E-state index contributed by atoms with van der Waals surface area (Å²) >= 11 is 1.41. The van der Waals surface area contributed by atoms with Crippen molar-refractivity contribution in [1.29, 1.82) is 0 Å². The van der Waals surface area contributed by atoms with Crippen LogP contribution in [-0.4, -0.2) is 24.6 Å². The molecule has 0 spiro atoms. The third kappa shape index (κ3) is 5.48. The van der Waals surface area contributed by atoms with E-state index in [9.17, 15) is 4.79 Å². The Morgan fingerprint density at radius 1 is 1.17 bits per heavy atom. The molecule has 1 amide bonds. The Morgan fingerprint density at radius 2 is 2.00 bits per heavy atom. The summed E-state index contributed by atoms with van der Waals surface area (Å²) in [5, 5.41) is 5.36. The number of nitrogens with zero attached hydrogens (tertiary/aromatic N) is 1. The van der Waals surface area contributed by atoms with Crippen molar-refractivity contribution < 1.29 is 14.3 Å². The number of benzene rings is 2. The summed E-state index contributed by atoms with van der Waals surface area (Å²) in [6, 6.07) is 11.9. The summed E-state index contributed by atoms with van der Waals surface area (Å²) in [4.78, 5) is 16.9. The summed E-state index contributed by atoms with van der Waals surface area (Å²) in [5.41, 5.74) is 5.14. The fraction of sp³-hybridized carbons (Fsp3) is 0.250. The monoisotopic (exact) mass is 422 g/mol. The average molecular weight is 423 g/mol. The molecule has 0 fully saturated rings. The van der Waals surface area contributed by atoms with Crippen molar-refractivity contribution in [1.82, 2.24) is 4.98 Å². The van der Waals surface area contributed by atoms with Gasteiger partial charge in [0, 0.05) is 17.0 Å². The van der Waals surface area contributed by atoms with E-state index >= 15 is 0 Å². The SMILES string of the molecule is CCCOc1ccc(/C=C/C(=O)Nc2nc(-c3cc(C)ccc3C)cs2)cc1OC. The first-order chi connectivity index (χ1) is 14.5. The molecule has 0 unspecified atom stereocenters. The average Bonchev–Trinajstić information content (AvgIpc) is 3.20. The first kappa shape index (κ1) is 21.6. The minimum atomic E-state index is -0.234. The van der Waals surface area contributed by atoms with Crippen molar-refractivity contribution in [3.8, 4) is 22.8 Å². The number of hydrogen-bond donors (Lipinski definition) is 1. The maximum atomic E-state index is 12.3. The van der Waals surface area contributed by atoms with Gasteiger partial charge >= 0.3 is 0 Å². The normalized spacial score (nSPS) is 10.9. The third-order valence-corrected chi connectivity index (χ3v) is 5.24. The van der Waals surface area contributed by atoms with Gasteiger partial charge in [0.05, 0.1) is 19.4 Å². The number of anilines is 1. The van der Waals surface area contributed by atoms with E-state index < -0.39 is 0 Å². The lowest BCUT2D eigenvalue weighted by molar-refractivity contribution is -0.111. The molecule has 0 saturated heterocycles. The highest BCUT2D eigenvalue weighted by Gasteiger charge is 2.09. The Kier molecular flexibility index (Phi) is 7.25. The van der Waals surface area contributed by atoms with E-state index in [0.29, 0.717) is 23.2 Å². The number of thiazole rings is 1. The number of amides is 1. The van der Waals surface area contributed by atoms with E-state index in [1.165, 1.54) is 23.0 Å². The van der Waals surface area contributed by atoms with Crippen molar-refractivity contribution in [2.24, 2.45) is 0 Å². The number of ether oxygens (including phenoxy) is 2.